The highest BCUT2D eigenvalue weighted by Crippen LogP contribution is 2.24. The molecule has 2 aromatic carbocycles. The predicted molar refractivity (Wildman–Crippen MR) is 101 cm³/mol. The number of methoxy groups -OCH3 is 1. The van der Waals surface area contributed by atoms with Crippen LogP contribution in [-0.2, 0) is 18.4 Å². The largest absolute Gasteiger partial charge is 0.496 e. The fourth-order valence-electron chi connectivity index (χ4n) is 3.21. The van der Waals surface area contributed by atoms with Crippen molar-refractivity contribution in [2.45, 2.75) is 25.9 Å². The fraction of sp³-hybridized carbons (Fsp3) is 0.300. The Labute approximate surface area is 152 Å². The molecular formula is C20H23N3O3. The Morgan fingerprint density at radius 1 is 1.12 bits per heavy atom. The van der Waals surface area contributed by atoms with Gasteiger partial charge >= 0.3 is 5.69 Å². The molecule has 3 rings (SSSR count). The highest BCUT2D eigenvalue weighted by Gasteiger charge is 2.15. The summed E-state index contributed by atoms with van der Waals surface area (Å²) < 4.78 is 8.59. The maximum atomic E-state index is 12.4. The first-order valence-corrected chi connectivity index (χ1v) is 8.59. The number of para-hydroxylation sites is 3. The number of benzene rings is 2. The number of carbonyl (C=O) groups excluding carboxylic acids is 1. The monoisotopic (exact) mass is 353 g/mol. The van der Waals surface area contributed by atoms with E-state index in [-0.39, 0.29) is 24.1 Å². The molecule has 6 nitrogen and oxygen atoms in total. The number of nitrogens with one attached hydrogen (secondary N) is 1. The van der Waals surface area contributed by atoms with E-state index in [0.717, 1.165) is 22.3 Å². The molecule has 0 unspecified atom stereocenters. The smallest absolute Gasteiger partial charge is 0.328 e. The van der Waals surface area contributed by atoms with Crippen LogP contribution >= 0.6 is 0 Å². The van der Waals surface area contributed by atoms with Crippen molar-refractivity contribution < 1.29 is 9.53 Å². The number of rotatable bonds is 6. The number of carbonyl (C=O) groups is 1. The molecule has 1 aromatic heterocycles. The normalized spacial score (nSPS) is 12.1. The van der Waals surface area contributed by atoms with Crippen LogP contribution in [0, 0.1) is 0 Å². The average Bonchev–Trinajstić information content (AvgIpc) is 2.90. The summed E-state index contributed by atoms with van der Waals surface area (Å²) in [4.78, 5) is 24.8. The number of aryl methyl sites for hydroxylation is 2. The van der Waals surface area contributed by atoms with Crippen LogP contribution in [0.5, 0.6) is 5.75 Å². The lowest BCUT2D eigenvalue weighted by molar-refractivity contribution is -0.121. The van der Waals surface area contributed by atoms with E-state index in [2.05, 4.69) is 5.32 Å². The molecule has 0 radical (unpaired) electrons. The van der Waals surface area contributed by atoms with Crippen molar-refractivity contribution in [3.05, 3.63) is 64.6 Å². The van der Waals surface area contributed by atoms with Gasteiger partial charge in [0.2, 0.25) is 5.91 Å². The second kappa shape index (κ2) is 7.47. The van der Waals surface area contributed by atoms with Crippen molar-refractivity contribution >= 4 is 16.9 Å². The van der Waals surface area contributed by atoms with Gasteiger partial charge in [-0.25, -0.2) is 4.79 Å². The minimum Gasteiger partial charge on any atom is -0.496 e. The average molecular weight is 353 g/mol. The van der Waals surface area contributed by atoms with Crippen LogP contribution in [0.1, 0.15) is 24.9 Å². The van der Waals surface area contributed by atoms with Crippen LogP contribution in [0.15, 0.2) is 53.3 Å². The fourth-order valence-corrected chi connectivity index (χ4v) is 3.21. The van der Waals surface area contributed by atoms with E-state index in [1.807, 2.05) is 55.5 Å². The standard InChI is InChI=1S/C20H23N3O3/c1-14(15-8-4-7-11-18(15)26-3)21-19(24)12-13-23-17-10-6-5-9-16(17)22(2)20(23)25/h4-11,14H,12-13H2,1-3H3,(H,21,24)/t14-/m1/s1. The molecule has 136 valence electrons. The van der Waals surface area contributed by atoms with Gasteiger partial charge in [0, 0.05) is 25.6 Å². The van der Waals surface area contributed by atoms with Crippen molar-refractivity contribution in [1.82, 2.24) is 14.5 Å². The zero-order valence-electron chi connectivity index (χ0n) is 15.2. The second-order valence-corrected chi connectivity index (χ2v) is 6.26. The Hall–Kier alpha value is -3.02. The van der Waals surface area contributed by atoms with Crippen LogP contribution in [0.4, 0.5) is 0 Å². The highest BCUT2D eigenvalue weighted by atomic mass is 16.5. The van der Waals surface area contributed by atoms with Gasteiger partial charge < -0.3 is 10.1 Å². The summed E-state index contributed by atoms with van der Waals surface area (Å²) in [6.45, 7) is 2.25. The van der Waals surface area contributed by atoms with Crippen molar-refractivity contribution in [2.24, 2.45) is 7.05 Å². The van der Waals surface area contributed by atoms with Gasteiger partial charge in [-0.15, -0.1) is 0 Å². The quantitative estimate of drug-likeness (QED) is 0.741. The summed E-state index contributed by atoms with van der Waals surface area (Å²) in [6, 6.07) is 15.0. The minimum atomic E-state index is -0.178. The lowest BCUT2D eigenvalue weighted by atomic mass is 10.1. The Morgan fingerprint density at radius 3 is 2.50 bits per heavy atom. The SMILES string of the molecule is COc1ccccc1[C@@H](C)NC(=O)CCn1c(=O)n(C)c2ccccc21. The predicted octanol–water partition coefficient (Wildman–Crippen LogP) is 2.62. The van der Waals surface area contributed by atoms with E-state index in [1.165, 1.54) is 0 Å². The van der Waals surface area contributed by atoms with Crippen LogP contribution in [0.2, 0.25) is 0 Å². The topological polar surface area (TPSA) is 65.3 Å². The molecule has 26 heavy (non-hydrogen) atoms. The van der Waals surface area contributed by atoms with Gasteiger partial charge in [0.05, 0.1) is 24.2 Å². The lowest BCUT2D eigenvalue weighted by Crippen LogP contribution is -2.29. The van der Waals surface area contributed by atoms with Gasteiger partial charge in [-0.2, -0.15) is 0 Å². The third-order valence-corrected chi connectivity index (χ3v) is 4.60. The van der Waals surface area contributed by atoms with Crippen molar-refractivity contribution in [1.29, 1.82) is 0 Å². The van der Waals surface area contributed by atoms with E-state index in [1.54, 1.807) is 23.3 Å². The van der Waals surface area contributed by atoms with E-state index < -0.39 is 0 Å². The molecule has 6 heteroatoms. The van der Waals surface area contributed by atoms with E-state index in [9.17, 15) is 9.59 Å². The van der Waals surface area contributed by atoms with E-state index >= 15 is 0 Å². The number of nitrogens with zero attached hydrogens (tertiary/aromatic N) is 2. The first-order chi connectivity index (χ1) is 12.5. The number of aromatic nitrogens is 2. The molecule has 1 heterocycles. The van der Waals surface area contributed by atoms with Crippen LogP contribution in [0.3, 0.4) is 0 Å². The first-order valence-electron chi connectivity index (χ1n) is 8.59. The number of amides is 1. The maximum Gasteiger partial charge on any atom is 0.328 e. The van der Waals surface area contributed by atoms with Gasteiger partial charge in [-0.3, -0.25) is 13.9 Å². The third kappa shape index (κ3) is 3.35. The summed E-state index contributed by atoms with van der Waals surface area (Å²) in [5, 5.41) is 2.97. The van der Waals surface area contributed by atoms with Crippen molar-refractivity contribution in [3.63, 3.8) is 0 Å². The lowest BCUT2D eigenvalue weighted by Gasteiger charge is -2.17. The van der Waals surface area contributed by atoms with Crippen LogP contribution < -0.4 is 15.7 Å². The zero-order valence-corrected chi connectivity index (χ0v) is 15.2. The van der Waals surface area contributed by atoms with Crippen molar-refractivity contribution in [3.8, 4) is 5.75 Å². The second-order valence-electron chi connectivity index (χ2n) is 6.26. The Morgan fingerprint density at radius 2 is 1.77 bits per heavy atom. The van der Waals surface area contributed by atoms with Gasteiger partial charge in [0.1, 0.15) is 5.75 Å². The molecular weight excluding hydrogens is 330 g/mol. The molecule has 0 fully saturated rings. The Balaban J connectivity index is 1.70. The molecule has 0 bridgehead atoms. The summed E-state index contributed by atoms with van der Waals surface area (Å²) in [5.74, 6) is 0.633. The number of fused-ring (bicyclic) bond motifs is 1. The molecule has 0 aliphatic heterocycles. The number of hydrogen-bond donors (Lipinski definition) is 1. The summed E-state index contributed by atoms with van der Waals surface area (Å²) in [6.07, 6.45) is 0.230. The third-order valence-electron chi connectivity index (χ3n) is 4.60. The molecule has 0 aliphatic rings. The molecule has 3 aromatic rings. The maximum absolute atomic E-state index is 12.4. The highest BCUT2D eigenvalue weighted by molar-refractivity contribution is 5.78. The minimum absolute atomic E-state index is 0.108. The van der Waals surface area contributed by atoms with Gasteiger partial charge in [-0.1, -0.05) is 30.3 Å². The van der Waals surface area contributed by atoms with Crippen molar-refractivity contribution in [2.75, 3.05) is 7.11 Å². The molecule has 0 aliphatic carbocycles. The Kier molecular flexibility index (Phi) is 5.11. The molecule has 1 amide bonds. The summed E-state index contributed by atoms with van der Waals surface area (Å²) in [7, 11) is 3.35. The van der Waals surface area contributed by atoms with Gasteiger partial charge in [0.15, 0.2) is 0 Å². The molecule has 1 N–H and O–H groups in total. The zero-order chi connectivity index (χ0) is 18.7. The van der Waals surface area contributed by atoms with Gasteiger partial charge in [-0.05, 0) is 25.1 Å². The summed E-state index contributed by atoms with van der Waals surface area (Å²) >= 11 is 0. The van der Waals surface area contributed by atoms with Crippen LogP contribution in [-0.4, -0.2) is 22.2 Å². The summed E-state index contributed by atoms with van der Waals surface area (Å²) in [5.41, 5.74) is 2.51. The Bertz CT molecular complexity index is 987. The van der Waals surface area contributed by atoms with E-state index in [0.29, 0.717) is 6.54 Å². The molecule has 1 atom stereocenters. The van der Waals surface area contributed by atoms with Gasteiger partial charge in [0.25, 0.3) is 0 Å². The van der Waals surface area contributed by atoms with Crippen LogP contribution in [0.25, 0.3) is 11.0 Å². The first kappa shape index (κ1) is 17.8. The number of ether oxygens (including phenoxy) is 1. The number of hydrogen-bond acceptors (Lipinski definition) is 3. The number of imidazole rings is 1. The molecule has 0 saturated heterocycles. The molecule has 0 saturated carbocycles. The van der Waals surface area contributed by atoms with E-state index in [4.69, 9.17) is 4.74 Å². The molecule has 0 spiro atoms.